The molecule has 29 heavy (non-hydrogen) atoms. The molecule has 2 aliphatic rings. The molecule has 0 spiro atoms. The molecule has 9 heteroatoms. The predicted octanol–water partition coefficient (Wildman–Crippen LogP) is 3.06. The molecule has 1 N–H and O–H groups in total. The van der Waals surface area contributed by atoms with Gasteiger partial charge >= 0.3 is 0 Å². The van der Waals surface area contributed by atoms with E-state index in [1.807, 2.05) is 41.8 Å². The van der Waals surface area contributed by atoms with Crippen LogP contribution >= 0.6 is 23.1 Å². The molecule has 7 nitrogen and oxygen atoms in total. The van der Waals surface area contributed by atoms with Gasteiger partial charge < -0.3 is 5.32 Å². The highest BCUT2D eigenvalue weighted by molar-refractivity contribution is 8.14. The van der Waals surface area contributed by atoms with Gasteiger partial charge in [-0.25, -0.2) is 9.89 Å². The summed E-state index contributed by atoms with van der Waals surface area (Å²) in [6.07, 6.45) is 0.541. The lowest BCUT2D eigenvalue weighted by atomic mass is 10.1. The van der Waals surface area contributed by atoms with Gasteiger partial charge in [0.15, 0.2) is 5.17 Å². The maximum atomic E-state index is 13.0. The van der Waals surface area contributed by atoms with E-state index in [1.165, 1.54) is 16.7 Å². The fraction of sp³-hybridized carbons (Fsp3) is 0.250. The predicted molar refractivity (Wildman–Crippen MR) is 114 cm³/mol. The van der Waals surface area contributed by atoms with Crippen LogP contribution in [0.5, 0.6) is 0 Å². The number of amidine groups is 2. The second-order valence-electron chi connectivity index (χ2n) is 6.40. The number of nitrogens with zero attached hydrogens (tertiary/aromatic N) is 4. The van der Waals surface area contributed by atoms with Gasteiger partial charge in [-0.05, 0) is 30.0 Å². The molecular formula is C20H17N5O2S2. The first-order chi connectivity index (χ1) is 14.2. The number of hydrogen-bond acceptors (Lipinski definition) is 7. The van der Waals surface area contributed by atoms with Crippen molar-refractivity contribution in [3.63, 3.8) is 0 Å². The zero-order valence-corrected chi connectivity index (χ0v) is 17.0. The van der Waals surface area contributed by atoms with Gasteiger partial charge in [-0.2, -0.15) is 5.26 Å². The molecular weight excluding hydrogens is 406 g/mol. The van der Waals surface area contributed by atoms with Crippen LogP contribution in [0.15, 0.2) is 51.8 Å². The highest BCUT2D eigenvalue weighted by atomic mass is 32.2. The maximum absolute atomic E-state index is 13.0. The van der Waals surface area contributed by atoms with Gasteiger partial charge in [-0.1, -0.05) is 30.0 Å². The van der Waals surface area contributed by atoms with Crippen molar-refractivity contribution in [2.45, 2.75) is 25.4 Å². The normalized spacial score (nSPS) is 17.1. The van der Waals surface area contributed by atoms with Crippen molar-refractivity contribution < 1.29 is 9.59 Å². The third-order valence-corrected chi connectivity index (χ3v) is 6.18. The molecule has 1 aromatic carbocycles. The van der Waals surface area contributed by atoms with E-state index in [9.17, 15) is 9.59 Å². The Morgan fingerprint density at radius 1 is 1.31 bits per heavy atom. The summed E-state index contributed by atoms with van der Waals surface area (Å²) < 4.78 is 0. The van der Waals surface area contributed by atoms with Gasteiger partial charge in [0, 0.05) is 16.9 Å². The Kier molecular flexibility index (Phi) is 5.74. The Morgan fingerprint density at radius 3 is 2.97 bits per heavy atom. The average molecular weight is 424 g/mol. The highest BCUT2D eigenvalue weighted by Crippen LogP contribution is 2.34. The molecule has 0 bridgehead atoms. The topological polar surface area (TPSA) is 97.9 Å². The van der Waals surface area contributed by atoms with Gasteiger partial charge in [0.2, 0.25) is 5.91 Å². The fourth-order valence-electron chi connectivity index (χ4n) is 3.14. The van der Waals surface area contributed by atoms with E-state index in [2.05, 4.69) is 21.4 Å². The summed E-state index contributed by atoms with van der Waals surface area (Å²) in [4.78, 5) is 36.9. The molecule has 1 aromatic heterocycles. The molecule has 0 aliphatic carbocycles. The number of amides is 2. The Bertz CT molecular complexity index is 1040. The summed E-state index contributed by atoms with van der Waals surface area (Å²) in [5.74, 6) is 0.424. The summed E-state index contributed by atoms with van der Waals surface area (Å²) in [5, 5.41) is 14.2. The maximum Gasteiger partial charge on any atom is 0.259 e. The quantitative estimate of drug-likeness (QED) is 0.772. The van der Waals surface area contributed by atoms with E-state index in [-0.39, 0.29) is 24.0 Å². The van der Waals surface area contributed by atoms with E-state index in [0.29, 0.717) is 24.0 Å². The number of nitrogens with one attached hydrogen (secondary N) is 1. The average Bonchev–Trinajstić information content (AvgIpc) is 3.37. The van der Waals surface area contributed by atoms with E-state index in [0.717, 1.165) is 16.1 Å². The number of rotatable bonds is 6. The largest absolute Gasteiger partial charge is 0.351 e. The molecule has 0 saturated heterocycles. The van der Waals surface area contributed by atoms with Crippen LogP contribution in [0.3, 0.4) is 0 Å². The van der Waals surface area contributed by atoms with Gasteiger partial charge in [0.25, 0.3) is 5.91 Å². The van der Waals surface area contributed by atoms with Gasteiger partial charge in [-0.3, -0.25) is 14.6 Å². The van der Waals surface area contributed by atoms with Crippen LogP contribution in [-0.4, -0.2) is 39.5 Å². The number of thioether (sulfide) groups is 1. The molecule has 0 fully saturated rings. The number of para-hydroxylation sites is 1. The van der Waals surface area contributed by atoms with Gasteiger partial charge in [0.1, 0.15) is 11.9 Å². The van der Waals surface area contributed by atoms with Gasteiger partial charge in [0.05, 0.1) is 24.1 Å². The van der Waals surface area contributed by atoms with Crippen LogP contribution in [0, 0.1) is 11.3 Å². The summed E-state index contributed by atoms with van der Waals surface area (Å²) in [7, 11) is 0. The van der Waals surface area contributed by atoms with Crippen LogP contribution in [0.4, 0.5) is 5.69 Å². The number of aliphatic imine (C=N–C) groups is 2. The number of hydrogen-bond donors (Lipinski definition) is 1. The van der Waals surface area contributed by atoms with Crippen molar-refractivity contribution in [3.05, 3.63) is 52.2 Å². The van der Waals surface area contributed by atoms with Crippen molar-refractivity contribution >= 4 is 51.6 Å². The molecule has 3 heterocycles. The lowest BCUT2D eigenvalue weighted by molar-refractivity contribution is -0.125. The van der Waals surface area contributed by atoms with E-state index < -0.39 is 6.04 Å². The lowest BCUT2D eigenvalue weighted by Gasteiger charge is -2.25. The first-order valence-electron chi connectivity index (χ1n) is 9.06. The monoisotopic (exact) mass is 423 g/mol. The first-order valence-corrected chi connectivity index (χ1v) is 10.9. The minimum atomic E-state index is -0.628. The summed E-state index contributed by atoms with van der Waals surface area (Å²) in [5.41, 5.74) is 1.51. The molecule has 2 amide bonds. The third-order valence-electron chi connectivity index (χ3n) is 4.50. The van der Waals surface area contributed by atoms with Gasteiger partial charge in [-0.15, -0.1) is 11.3 Å². The zero-order chi connectivity index (χ0) is 20.2. The van der Waals surface area contributed by atoms with Crippen LogP contribution in [0.1, 0.15) is 23.3 Å². The number of carbonyl (C=O) groups excluding carboxylic acids is 2. The highest BCUT2D eigenvalue weighted by Gasteiger charge is 2.41. The fourth-order valence-corrected chi connectivity index (χ4v) is 4.45. The molecule has 146 valence electrons. The number of thiophene rings is 1. The smallest absolute Gasteiger partial charge is 0.259 e. The van der Waals surface area contributed by atoms with Crippen LogP contribution in [-0.2, 0) is 16.1 Å². The van der Waals surface area contributed by atoms with Crippen molar-refractivity contribution in [2.75, 3.05) is 5.75 Å². The second-order valence-corrected chi connectivity index (χ2v) is 8.37. The van der Waals surface area contributed by atoms with Crippen LogP contribution in [0.25, 0.3) is 0 Å². The molecule has 2 aliphatic heterocycles. The Labute approximate surface area is 176 Å². The third kappa shape index (κ3) is 4.09. The number of benzene rings is 1. The Balaban J connectivity index is 1.46. The first kappa shape index (κ1) is 19.4. The van der Waals surface area contributed by atoms with Crippen molar-refractivity contribution in [2.24, 2.45) is 9.98 Å². The summed E-state index contributed by atoms with van der Waals surface area (Å²) in [6, 6.07) is 12.8. The van der Waals surface area contributed by atoms with Crippen molar-refractivity contribution in [3.8, 4) is 6.07 Å². The van der Waals surface area contributed by atoms with E-state index in [4.69, 9.17) is 5.26 Å². The molecule has 0 radical (unpaired) electrons. The zero-order valence-electron chi connectivity index (χ0n) is 15.4. The van der Waals surface area contributed by atoms with Crippen molar-refractivity contribution in [1.82, 2.24) is 10.2 Å². The Hall–Kier alpha value is -2.96. The minimum Gasteiger partial charge on any atom is -0.351 e. The molecule has 4 rings (SSSR count). The SMILES string of the molecule is N#CCSC1=Nc2ccccc2C2=N[C@@H](CCC(=O)NCc3cccs3)C(=O)N12. The summed E-state index contributed by atoms with van der Waals surface area (Å²) in [6.45, 7) is 0.491. The lowest BCUT2D eigenvalue weighted by Crippen LogP contribution is -2.41. The number of carbonyl (C=O) groups is 2. The molecule has 0 unspecified atom stereocenters. The number of fused-ring (bicyclic) bond motifs is 3. The molecule has 1 atom stereocenters. The van der Waals surface area contributed by atoms with Crippen LogP contribution < -0.4 is 5.32 Å². The number of nitriles is 1. The van der Waals surface area contributed by atoms with Crippen LogP contribution in [0.2, 0.25) is 0 Å². The molecule has 0 saturated carbocycles. The van der Waals surface area contributed by atoms with E-state index >= 15 is 0 Å². The van der Waals surface area contributed by atoms with Crippen molar-refractivity contribution in [1.29, 1.82) is 5.26 Å². The summed E-state index contributed by atoms with van der Waals surface area (Å²) >= 11 is 2.80. The molecule has 2 aromatic rings. The Morgan fingerprint density at radius 2 is 2.17 bits per heavy atom. The second kappa shape index (κ2) is 8.59. The van der Waals surface area contributed by atoms with E-state index in [1.54, 1.807) is 11.3 Å². The minimum absolute atomic E-state index is 0.107. The standard InChI is InChI=1S/C20H17N5O2S2/c21-9-11-29-20-24-15-6-2-1-5-14(15)18-23-16(19(27)25(18)20)7-8-17(26)22-12-13-4-3-10-28-13/h1-6,10,16H,7-8,11-12H2,(H,22,26)/t16-/m0/s1.